The van der Waals surface area contributed by atoms with Crippen LogP contribution in [0.25, 0.3) is 0 Å². The van der Waals surface area contributed by atoms with Crippen LogP contribution in [-0.2, 0) is 0 Å². The van der Waals surface area contributed by atoms with Gasteiger partial charge in [0.05, 0.1) is 2.75 Å². The summed E-state index contributed by atoms with van der Waals surface area (Å²) in [5.74, 6) is 0. The first-order valence-electron chi connectivity index (χ1n) is 1.41. The fourth-order valence-electron chi connectivity index (χ4n) is 0. The van der Waals surface area contributed by atoms with Gasteiger partial charge in [-0.1, -0.05) is 22.6 Å². The van der Waals surface area contributed by atoms with Gasteiger partial charge in [-0.25, -0.2) is 0 Å². The molecule has 0 unspecified atom stereocenters. The van der Waals surface area contributed by atoms with Gasteiger partial charge in [0, 0.05) is 0 Å². The first-order chi connectivity index (χ1) is 2.00. The summed E-state index contributed by atoms with van der Waals surface area (Å²) in [4.78, 5) is 0. The van der Waals surface area contributed by atoms with Crippen LogP contribution in [-0.4, -0.2) is 2.75 Å². The second kappa shape index (κ2) is 1.69. The second-order valence-electron chi connectivity index (χ2n) is 1.41. The molecule has 5 heavy (non-hydrogen) atoms. The molecule has 0 aliphatic rings. The molecule has 0 radical (unpaired) electrons. The Morgan fingerprint density at radius 3 is 1.60 bits per heavy atom. The average molecular weight is 202 g/mol. The number of rotatable bonds is 0. The van der Waals surface area contributed by atoms with Crippen molar-refractivity contribution in [3.8, 4) is 0 Å². The summed E-state index contributed by atoms with van der Waals surface area (Å²) >= 11 is 6.35. The van der Waals surface area contributed by atoms with E-state index in [1.807, 2.05) is 13.8 Å². The summed E-state index contributed by atoms with van der Waals surface area (Å²) < 4.78 is 0.164. The molecule has 2 heteroatoms. The van der Waals surface area contributed by atoms with Crippen molar-refractivity contribution in [1.82, 2.24) is 0 Å². The Kier molecular flexibility index (Phi) is 2.05. The maximum absolute atomic E-state index is 4.11. The van der Waals surface area contributed by atoms with E-state index in [1.165, 1.54) is 0 Å². The number of hydrogen-bond donors (Lipinski definition) is 1. The molecule has 0 rings (SSSR count). The topological polar surface area (TPSA) is 0 Å². The van der Waals surface area contributed by atoms with Crippen LogP contribution in [0, 0.1) is 0 Å². The molecule has 0 aromatic carbocycles. The van der Waals surface area contributed by atoms with Gasteiger partial charge in [0.15, 0.2) is 0 Å². The van der Waals surface area contributed by atoms with Gasteiger partial charge in [-0.15, -0.1) is 0 Å². The average Bonchev–Trinajstić information content (AvgIpc) is 0.722. The predicted octanol–water partition coefficient (Wildman–Crippen LogP) is 2.09. The standard InChI is InChI=1S/C3H7IS/c1-3(2,4)5/h5H,1-2H3. The molecule has 0 nitrogen and oxygen atoms in total. The Morgan fingerprint density at radius 2 is 1.60 bits per heavy atom. The number of halogens is 1. The van der Waals surface area contributed by atoms with Crippen molar-refractivity contribution < 1.29 is 0 Å². The van der Waals surface area contributed by atoms with Crippen LogP contribution in [0.3, 0.4) is 0 Å². The van der Waals surface area contributed by atoms with Crippen molar-refractivity contribution in [2.45, 2.75) is 16.6 Å². The lowest BCUT2D eigenvalue weighted by atomic mass is 10.6. The van der Waals surface area contributed by atoms with Crippen molar-refractivity contribution in [2.24, 2.45) is 0 Å². The van der Waals surface area contributed by atoms with Crippen LogP contribution in [0.15, 0.2) is 0 Å². The molecule has 0 amide bonds. The monoisotopic (exact) mass is 202 g/mol. The maximum atomic E-state index is 4.11. The van der Waals surface area contributed by atoms with Gasteiger partial charge in [-0.2, -0.15) is 12.6 Å². The Labute approximate surface area is 51.9 Å². The minimum Gasteiger partial charge on any atom is -0.162 e. The summed E-state index contributed by atoms with van der Waals surface area (Å²) in [6, 6.07) is 0. The van der Waals surface area contributed by atoms with Crippen LogP contribution in [0.4, 0.5) is 0 Å². The highest BCUT2D eigenvalue weighted by atomic mass is 127. The van der Waals surface area contributed by atoms with E-state index in [4.69, 9.17) is 0 Å². The van der Waals surface area contributed by atoms with Gasteiger partial charge >= 0.3 is 0 Å². The quantitative estimate of drug-likeness (QED) is 0.347. The Bertz CT molecular complexity index is 22.4. The number of thiol groups is 1. The van der Waals surface area contributed by atoms with E-state index in [1.54, 1.807) is 0 Å². The van der Waals surface area contributed by atoms with E-state index in [0.717, 1.165) is 0 Å². The first kappa shape index (κ1) is 6.08. The zero-order chi connectivity index (χ0) is 4.50. The van der Waals surface area contributed by atoms with Gasteiger partial charge in [0.1, 0.15) is 0 Å². The SMILES string of the molecule is CC(C)(S)I. The highest BCUT2D eigenvalue weighted by Crippen LogP contribution is 2.19. The van der Waals surface area contributed by atoms with Crippen molar-refractivity contribution in [3.63, 3.8) is 0 Å². The molecule has 0 N–H and O–H groups in total. The largest absolute Gasteiger partial charge is 0.162 e. The molecule has 32 valence electrons. The lowest BCUT2D eigenvalue weighted by molar-refractivity contribution is 1.09. The molecule has 0 heterocycles. The van der Waals surface area contributed by atoms with Gasteiger partial charge < -0.3 is 0 Å². The summed E-state index contributed by atoms with van der Waals surface area (Å²) in [5, 5.41) is 0. The van der Waals surface area contributed by atoms with Gasteiger partial charge in [0.25, 0.3) is 0 Å². The zero-order valence-corrected chi connectivity index (χ0v) is 6.38. The highest BCUT2D eigenvalue weighted by Gasteiger charge is 1.99. The molecule has 0 saturated heterocycles. The van der Waals surface area contributed by atoms with Crippen molar-refractivity contribution in [1.29, 1.82) is 0 Å². The molecule has 0 saturated carbocycles. The lowest BCUT2D eigenvalue weighted by Gasteiger charge is -2.01. The van der Waals surface area contributed by atoms with E-state index in [0.29, 0.717) is 0 Å². The van der Waals surface area contributed by atoms with Crippen molar-refractivity contribution in [3.05, 3.63) is 0 Å². The Morgan fingerprint density at radius 1 is 1.60 bits per heavy atom. The first-order valence-corrected chi connectivity index (χ1v) is 2.94. The Balaban J connectivity index is 3.02. The third-order valence-corrected chi connectivity index (χ3v) is 0. The third kappa shape index (κ3) is 41.3. The minimum absolute atomic E-state index is 0.164. The molecular formula is C3H7IS. The van der Waals surface area contributed by atoms with Crippen molar-refractivity contribution in [2.75, 3.05) is 0 Å². The molecule has 0 spiro atoms. The van der Waals surface area contributed by atoms with E-state index >= 15 is 0 Å². The molecule has 0 aromatic rings. The van der Waals surface area contributed by atoms with E-state index in [2.05, 4.69) is 35.2 Å². The number of alkyl halides is 1. The molecule has 0 aliphatic carbocycles. The molecular weight excluding hydrogens is 195 g/mol. The zero-order valence-electron chi connectivity index (χ0n) is 3.33. The van der Waals surface area contributed by atoms with Crippen LogP contribution in [0.2, 0.25) is 0 Å². The predicted molar refractivity (Wildman–Crippen MR) is 37.1 cm³/mol. The summed E-state index contributed by atoms with van der Waals surface area (Å²) in [6.07, 6.45) is 0. The van der Waals surface area contributed by atoms with E-state index in [9.17, 15) is 0 Å². The fourth-order valence-corrected chi connectivity index (χ4v) is 0. The van der Waals surface area contributed by atoms with E-state index < -0.39 is 0 Å². The summed E-state index contributed by atoms with van der Waals surface area (Å²) in [5.41, 5.74) is 0. The lowest BCUT2D eigenvalue weighted by Crippen LogP contribution is -1.92. The molecule has 0 fully saturated rings. The van der Waals surface area contributed by atoms with Crippen LogP contribution in [0.5, 0.6) is 0 Å². The van der Waals surface area contributed by atoms with Crippen LogP contribution >= 0.6 is 35.2 Å². The van der Waals surface area contributed by atoms with Crippen molar-refractivity contribution >= 4 is 35.2 Å². The molecule has 0 aromatic heterocycles. The highest BCUT2D eigenvalue weighted by molar-refractivity contribution is 14.1. The summed E-state index contributed by atoms with van der Waals surface area (Å²) in [6.45, 7) is 4.08. The van der Waals surface area contributed by atoms with Crippen LogP contribution in [0.1, 0.15) is 13.8 Å². The fraction of sp³-hybridized carbons (Fsp3) is 1.00. The molecule has 0 bridgehead atoms. The summed E-state index contributed by atoms with van der Waals surface area (Å²) in [7, 11) is 0. The van der Waals surface area contributed by atoms with Crippen LogP contribution < -0.4 is 0 Å². The normalized spacial score (nSPS) is 12.0. The minimum atomic E-state index is 0.164. The van der Waals surface area contributed by atoms with Gasteiger partial charge in [0.2, 0.25) is 0 Å². The molecule has 0 aliphatic heterocycles. The third-order valence-electron chi connectivity index (χ3n) is 0. The molecule has 0 atom stereocenters. The number of hydrogen-bond acceptors (Lipinski definition) is 1. The van der Waals surface area contributed by atoms with Gasteiger partial charge in [-0.3, -0.25) is 0 Å². The smallest absolute Gasteiger partial charge is 0.0587 e. The van der Waals surface area contributed by atoms with Gasteiger partial charge in [-0.05, 0) is 13.8 Å². The second-order valence-corrected chi connectivity index (χ2v) is 6.08. The maximum Gasteiger partial charge on any atom is 0.0587 e. The Hall–Kier alpha value is 1.08. The van der Waals surface area contributed by atoms with E-state index in [-0.39, 0.29) is 2.75 Å².